The normalized spacial score (nSPS) is 16.7. The van der Waals surface area contributed by atoms with Gasteiger partial charge in [0.2, 0.25) is 5.91 Å². The number of rotatable bonds is 10. The van der Waals surface area contributed by atoms with E-state index in [1.54, 1.807) is 23.3 Å². The molecule has 3 aromatic carbocycles. The summed E-state index contributed by atoms with van der Waals surface area (Å²) in [6, 6.07) is 23.5. The fraction of sp³-hybridized carbons (Fsp3) is 0.400. The van der Waals surface area contributed by atoms with Gasteiger partial charge in [-0.1, -0.05) is 80.9 Å². The first-order chi connectivity index (χ1) is 20.1. The van der Waals surface area contributed by atoms with E-state index in [2.05, 4.69) is 86.4 Å². The SMILES string of the molecule is Cc1c(SN[C@H](CC(=O)NC2CCCc3cc(CN[C@@H](C)C(C)(C)C)ccc32)c2ccccc2)sc2ccc(Cl)cc12. The minimum Gasteiger partial charge on any atom is -0.349 e. The summed E-state index contributed by atoms with van der Waals surface area (Å²) in [5, 5.41) is 9.00. The van der Waals surface area contributed by atoms with E-state index in [1.165, 1.54) is 36.5 Å². The average molecular weight is 620 g/mol. The molecular weight excluding hydrogens is 578 g/mol. The van der Waals surface area contributed by atoms with E-state index >= 15 is 0 Å². The van der Waals surface area contributed by atoms with Crippen molar-refractivity contribution in [2.75, 3.05) is 0 Å². The Morgan fingerprint density at radius 2 is 1.88 bits per heavy atom. The van der Waals surface area contributed by atoms with Crippen LogP contribution in [-0.2, 0) is 17.8 Å². The third-order valence-electron chi connectivity index (χ3n) is 8.51. The zero-order chi connectivity index (χ0) is 29.9. The topological polar surface area (TPSA) is 53.2 Å². The maximum atomic E-state index is 13.5. The van der Waals surface area contributed by atoms with Crippen LogP contribution in [0.1, 0.15) is 86.9 Å². The molecule has 3 N–H and O–H groups in total. The molecule has 0 aliphatic heterocycles. The first kappa shape index (κ1) is 31.1. The number of amides is 1. The van der Waals surface area contributed by atoms with Crippen LogP contribution in [0.3, 0.4) is 0 Å². The van der Waals surface area contributed by atoms with E-state index < -0.39 is 0 Å². The third kappa shape index (κ3) is 7.59. The molecule has 7 heteroatoms. The molecular formula is C35H42ClN3OS2. The summed E-state index contributed by atoms with van der Waals surface area (Å²) in [5.74, 6) is 0.0689. The number of aryl methyl sites for hydroxylation is 2. The van der Waals surface area contributed by atoms with Crippen LogP contribution in [0.25, 0.3) is 10.1 Å². The predicted octanol–water partition coefficient (Wildman–Crippen LogP) is 9.31. The van der Waals surface area contributed by atoms with Crippen LogP contribution in [0.5, 0.6) is 0 Å². The molecule has 1 aromatic heterocycles. The smallest absolute Gasteiger partial charge is 0.222 e. The van der Waals surface area contributed by atoms with Gasteiger partial charge in [0.15, 0.2) is 0 Å². The van der Waals surface area contributed by atoms with Gasteiger partial charge < -0.3 is 10.6 Å². The molecule has 3 atom stereocenters. The van der Waals surface area contributed by atoms with Crippen molar-refractivity contribution in [3.05, 3.63) is 99.6 Å². The molecule has 0 fully saturated rings. The minimum atomic E-state index is -0.120. The summed E-state index contributed by atoms with van der Waals surface area (Å²) < 4.78 is 6.03. The van der Waals surface area contributed by atoms with Gasteiger partial charge in [-0.3, -0.25) is 9.52 Å². The van der Waals surface area contributed by atoms with Crippen molar-refractivity contribution in [2.24, 2.45) is 5.41 Å². The minimum absolute atomic E-state index is 0.0513. The van der Waals surface area contributed by atoms with Crippen LogP contribution in [-0.4, -0.2) is 11.9 Å². The molecule has 0 saturated heterocycles. The van der Waals surface area contributed by atoms with Crippen LogP contribution >= 0.6 is 34.9 Å². The summed E-state index contributed by atoms with van der Waals surface area (Å²) in [4.78, 5) is 13.5. The Labute approximate surface area is 264 Å². The van der Waals surface area contributed by atoms with E-state index in [9.17, 15) is 4.79 Å². The van der Waals surface area contributed by atoms with Crippen molar-refractivity contribution in [2.45, 2.75) is 89.2 Å². The number of hydrogen-bond donors (Lipinski definition) is 3. The van der Waals surface area contributed by atoms with Crippen molar-refractivity contribution in [3.63, 3.8) is 0 Å². The Morgan fingerprint density at radius 1 is 1.10 bits per heavy atom. The van der Waals surface area contributed by atoms with Crippen molar-refractivity contribution >= 4 is 50.9 Å². The van der Waals surface area contributed by atoms with Crippen molar-refractivity contribution in [3.8, 4) is 0 Å². The molecule has 42 heavy (non-hydrogen) atoms. The lowest BCUT2D eigenvalue weighted by Crippen LogP contribution is -2.37. The fourth-order valence-corrected chi connectivity index (χ4v) is 7.85. The van der Waals surface area contributed by atoms with E-state index in [-0.39, 0.29) is 23.4 Å². The molecule has 1 aliphatic carbocycles. The Kier molecular flexibility index (Phi) is 10.0. The number of halogens is 1. The maximum absolute atomic E-state index is 13.5. The number of benzene rings is 3. The van der Waals surface area contributed by atoms with E-state index in [0.29, 0.717) is 12.5 Å². The standard InChI is InChI=1S/C35H42ClN3OS2/c1-22-29-19-27(36)15-17-32(29)41-34(22)42-39-31(25-10-7-6-8-11-25)20-33(40)38-30-13-9-12-26-18-24(14-16-28(26)30)21-37-23(2)35(3,4)5/h6-8,10-11,14-19,23,30-31,37,39H,9,12-13,20-21H2,1-5H3,(H,38,40)/t23-,30?,31+/m0/s1. The second kappa shape index (κ2) is 13.5. The molecule has 222 valence electrons. The lowest BCUT2D eigenvalue weighted by molar-refractivity contribution is -0.122. The number of thiophene rings is 1. The highest BCUT2D eigenvalue weighted by Crippen LogP contribution is 2.39. The van der Waals surface area contributed by atoms with Crippen molar-refractivity contribution in [1.82, 2.24) is 15.4 Å². The van der Waals surface area contributed by atoms with Crippen LogP contribution in [0.15, 0.2) is 70.9 Å². The Hall–Kier alpha value is -2.35. The van der Waals surface area contributed by atoms with Crippen LogP contribution in [0.2, 0.25) is 5.02 Å². The molecule has 4 nitrogen and oxygen atoms in total. The monoisotopic (exact) mass is 619 g/mol. The van der Waals surface area contributed by atoms with Crippen LogP contribution in [0, 0.1) is 12.3 Å². The molecule has 4 aromatic rings. The molecule has 1 heterocycles. The molecule has 1 aliphatic rings. The number of carbonyl (C=O) groups is 1. The van der Waals surface area contributed by atoms with Crippen molar-refractivity contribution < 1.29 is 4.79 Å². The lowest BCUT2D eigenvalue weighted by atomic mass is 9.86. The third-order valence-corrected chi connectivity index (χ3v) is 11.2. The lowest BCUT2D eigenvalue weighted by Gasteiger charge is -2.29. The zero-order valence-corrected chi connectivity index (χ0v) is 27.6. The largest absolute Gasteiger partial charge is 0.349 e. The van der Waals surface area contributed by atoms with Gasteiger partial charge in [-0.25, -0.2) is 0 Å². The quantitative estimate of drug-likeness (QED) is 0.155. The summed E-state index contributed by atoms with van der Waals surface area (Å²) in [7, 11) is 0. The maximum Gasteiger partial charge on any atom is 0.222 e. The zero-order valence-electron chi connectivity index (χ0n) is 25.2. The van der Waals surface area contributed by atoms with Gasteiger partial charge in [0, 0.05) is 28.7 Å². The van der Waals surface area contributed by atoms with Gasteiger partial charge in [-0.05, 0) is 102 Å². The number of carbonyl (C=O) groups excluding carboxylic acids is 1. The van der Waals surface area contributed by atoms with Gasteiger partial charge in [-0.15, -0.1) is 11.3 Å². The predicted molar refractivity (Wildman–Crippen MR) is 180 cm³/mol. The summed E-state index contributed by atoms with van der Waals surface area (Å²) in [5.41, 5.74) is 6.48. The highest BCUT2D eigenvalue weighted by molar-refractivity contribution is 7.99. The molecule has 1 amide bonds. The Morgan fingerprint density at radius 3 is 2.64 bits per heavy atom. The first-order valence-corrected chi connectivity index (χ1v) is 16.9. The second-order valence-electron chi connectivity index (χ2n) is 12.6. The number of hydrogen-bond acceptors (Lipinski definition) is 5. The van der Waals surface area contributed by atoms with Crippen LogP contribution < -0.4 is 15.4 Å². The second-order valence-corrected chi connectivity index (χ2v) is 15.2. The van der Waals surface area contributed by atoms with Gasteiger partial charge in [0.05, 0.1) is 16.3 Å². The Balaban J connectivity index is 1.25. The van der Waals surface area contributed by atoms with Gasteiger partial charge in [0.1, 0.15) is 0 Å². The number of nitrogens with one attached hydrogen (secondary N) is 3. The van der Waals surface area contributed by atoms with Gasteiger partial charge in [0.25, 0.3) is 0 Å². The van der Waals surface area contributed by atoms with Gasteiger partial charge in [-0.2, -0.15) is 0 Å². The van der Waals surface area contributed by atoms with Crippen LogP contribution in [0.4, 0.5) is 0 Å². The highest BCUT2D eigenvalue weighted by Gasteiger charge is 2.25. The summed E-state index contributed by atoms with van der Waals surface area (Å²) in [6.45, 7) is 12.0. The average Bonchev–Trinajstić information content (AvgIpc) is 3.28. The van der Waals surface area contributed by atoms with E-state index in [0.717, 1.165) is 36.4 Å². The van der Waals surface area contributed by atoms with E-state index in [1.807, 2.05) is 30.3 Å². The molecule has 0 saturated carbocycles. The van der Waals surface area contributed by atoms with Crippen molar-refractivity contribution in [1.29, 1.82) is 0 Å². The van der Waals surface area contributed by atoms with Gasteiger partial charge >= 0.3 is 0 Å². The fourth-order valence-electron chi connectivity index (χ4n) is 5.45. The molecule has 5 rings (SSSR count). The molecule has 0 bridgehead atoms. The summed E-state index contributed by atoms with van der Waals surface area (Å²) >= 11 is 9.62. The highest BCUT2D eigenvalue weighted by atomic mass is 35.5. The number of fused-ring (bicyclic) bond motifs is 2. The van der Waals surface area contributed by atoms with E-state index in [4.69, 9.17) is 11.6 Å². The molecule has 0 spiro atoms. The summed E-state index contributed by atoms with van der Waals surface area (Å²) in [6.07, 6.45) is 3.48. The molecule has 0 radical (unpaired) electrons. The first-order valence-electron chi connectivity index (χ1n) is 14.9. The Bertz CT molecular complexity index is 1530. The molecule has 1 unspecified atom stereocenters.